The number of amides is 1. The van der Waals surface area contributed by atoms with Gasteiger partial charge in [0.25, 0.3) is 5.92 Å². The monoisotopic (exact) mass is 627 g/mol. The third kappa shape index (κ3) is 5.23. The molecule has 2 aliphatic heterocycles. The third-order valence-electron chi connectivity index (χ3n) is 8.47. The zero-order valence-electron chi connectivity index (χ0n) is 25.0. The van der Waals surface area contributed by atoms with Crippen molar-refractivity contribution in [2.24, 2.45) is 7.05 Å². The second-order valence-corrected chi connectivity index (χ2v) is 12.1. The van der Waals surface area contributed by atoms with E-state index in [0.29, 0.717) is 29.9 Å². The molecule has 6 rings (SSSR count). The number of aromatic nitrogens is 4. The average molecular weight is 628 g/mol. The molecule has 0 N–H and O–H groups in total. The number of fused-ring (bicyclic) bond motifs is 2. The van der Waals surface area contributed by atoms with Crippen LogP contribution in [0.15, 0.2) is 37.1 Å². The molecular weight excluding hydrogens is 595 g/mol. The maximum absolute atomic E-state index is 16.8. The van der Waals surface area contributed by atoms with E-state index in [9.17, 15) is 13.6 Å². The van der Waals surface area contributed by atoms with Crippen LogP contribution >= 0.6 is 11.6 Å². The molecule has 13 heteroatoms. The van der Waals surface area contributed by atoms with Crippen LogP contribution in [-0.2, 0) is 11.8 Å². The summed E-state index contributed by atoms with van der Waals surface area (Å²) in [6, 6.07) is 5.02. The molecule has 2 aromatic carbocycles. The van der Waals surface area contributed by atoms with Gasteiger partial charge < -0.3 is 14.5 Å². The number of piperazine rings is 1. The molecule has 0 spiro atoms. The summed E-state index contributed by atoms with van der Waals surface area (Å²) in [4.78, 5) is 27.0. The average Bonchev–Trinajstić information content (AvgIpc) is 3.34. The van der Waals surface area contributed by atoms with Gasteiger partial charge in [-0.05, 0) is 38.5 Å². The smallest absolute Gasteiger partial charge is 0.319 e. The molecule has 0 unspecified atom stereocenters. The molecule has 0 bridgehead atoms. The number of alkyl halides is 2. The van der Waals surface area contributed by atoms with Gasteiger partial charge in [0.1, 0.15) is 17.9 Å². The molecule has 0 aliphatic carbocycles. The van der Waals surface area contributed by atoms with Crippen LogP contribution in [0.3, 0.4) is 0 Å². The topological polar surface area (TPSA) is 79.6 Å². The SMILES string of the molecule is C=CC(=O)N1C[C@H](C)N(c2nc(OCCN3CC(F)(F)C3)nc3c(F)c(-c4c(C)ccc5cnn(C)c45)c(Cl)cc23)C[C@H]1C. The van der Waals surface area contributed by atoms with Gasteiger partial charge in [0.2, 0.25) is 5.91 Å². The van der Waals surface area contributed by atoms with Crippen molar-refractivity contribution in [1.29, 1.82) is 0 Å². The third-order valence-corrected chi connectivity index (χ3v) is 8.77. The molecule has 2 aromatic heterocycles. The lowest BCUT2D eigenvalue weighted by molar-refractivity contribution is -0.132. The van der Waals surface area contributed by atoms with E-state index in [0.717, 1.165) is 16.5 Å². The zero-order valence-corrected chi connectivity index (χ0v) is 25.7. The minimum Gasteiger partial charge on any atom is -0.462 e. The van der Waals surface area contributed by atoms with E-state index in [1.54, 1.807) is 33.8 Å². The van der Waals surface area contributed by atoms with Crippen molar-refractivity contribution in [3.63, 3.8) is 0 Å². The number of nitrogens with zero attached hydrogens (tertiary/aromatic N) is 7. The molecule has 232 valence electrons. The number of aryl methyl sites for hydroxylation is 2. The quantitative estimate of drug-likeness (QED) is 0.260. The minimum absolute atomic E-state index is 0.0166. The van der Waals surface area contributed by atoms with Crippen molar-refractivity contribution in [3.05, 3.63) is 53.5 Å². The van der Waals surface area contributed by atoms with Crippen LogP contribution in [0.1, 0.15) is 19.4 Å². The van der Waals surface area contributed by atoms with Gasteiger partial charge in [0.05, 0.1) is 29.8 Å². The van der Waals surface area contributed by atoms with Gasteiger partial charge in [-0.15, -0.1) is 0 Å². The number of halogens is 4. The Bertz CT molecular complexity index is 1790. The van der Waals surface area contributed by atoms with Crippen LogP contribution < -0.4 is 9.64 Å². The van der Waals surface area contributed by atoms with Crippen molar-refractivity contribution in [3.8, 4) is 17.1 Å². The summed E-state index contributed by atoms with van der Waals surface area (Å²) in [5.74, 6) is -3.09. The Labute approximate surface area is 257 Å². The minimum atomic E-state index is -2.69. The first-order chi connectivity index (χ1) is 20.9. The van der Waals surface area contributed by atoms with Crippen LogP contribution in [0.4, 0.5) is 19.0 Å². The lowest BCUT2D eigenvalue weighted by atomic mass is 9.96. The van der Waals surface area contributed by atoms with E-state index in [1.165, 1.54) is 6.08 Å². The predicted octanol–water partition coefficient (Wildman–Crippen LogP) is 5.23. The van der Waals surface area contributed by atoms with E-state index >= 15 is 4.39 Å². The number of ether oxygens (including phenoxy) is 1. The van der Waals surface area contributed by atoms with E-state index < -0.39 is 11.7 Å². The summed E-state index contributed by atoms with van der Waals surface area (Å²) in [6.07, 6.45) is 3.00. The van der Waals surface area contributed by atoms with E-state index in [4.69, 9.17) is 16.3 Å². The van der Waals surface area contributed by atoms with Crippen molar-refractivity contribution >= 4 is 45.1 Å². The maximum atomic E-state index is 16.8. The molecule has 4 heterocycles. The summed E-state index contributed by atoms with van der Waals surface area (Å²) in [5, 5.41) is 5.77. The fraction of sp³-hybridized carbons (Fsp3) is 0.419. The molecule has 2 saturated heterocycles. The second kappa shape index (κ2) is 11.2. The Morgan fingerprint density at radius 1 is 1.18 bits per heavy atom. The van der Waals surface area contributed by atoms with Gasteiger partial charge in [-0.1, -0.05) is 30.3 Å². The lowest BCUT2D eigenvalue weighted by Gasteiger charge is -2.44. The summed E-state index contributed by atoms with van der Waals surface area (Å²) in [5.41, 5.74) is 2.35. The van der Waals surface area contributed by atoms with E-state index in [-0.39, 0.29) is 66.3 Å². The van der Waals surface area contributed by atoms with Crippen LogP contribution in [0.5, 0.6) is 6.01 Å². The van der Waals surface area contributed by atoms with Crippen LogP contribution in [0.2, 0.25) is 5.02 Å². The number of rotatable bonds is 7. The van der Waals surface area contributed by atoms with Crippen molar-refractivity contribution in [2.45, 2.75) is 38.8 Å². The van der Waals surface area contributed by atoms with Crippen molar-refractivity contribution in [1.82, 2.24) is 29.5 Å². The van der Waals surface area contributed by atoms with Crippen molar-refractivity contribution in [2.75, 3.05) is 44.2 Å². The molecular formula is C31H33ClF3N7O2. The first-order valence-electron chi connectivity index (χ1n) is 14.4. The number of hydrogen-bond acceptors (Lipinski definition) is 7. The Balaban J connectivity index is 1.47. The summed E-state index contributed by atoms with van der Waals surface area (Å²) >= 11 is 6.89. The summed E-state index contributed by atoms with van der Waals surface area (Å²) in [7, 11) is 1.79. The molecule has 0 radical (unpaired) electrons. The van der Waals surface area contributed by atoms with Gasteiger partial charge in [-0.25, -0.2) is 13.2 Å². The number of hydrogen-bond donors (Lipinski definition) is 0. The maximum Gasteiger partial charge on any atom is 0.319 e. The van der Waals surface area contributed by atoms with Crippen LogP contribution in [0, 0.1) is 12.7 Å². The number of benzene rings is 2. The zero-order chi connectivity index (χ0) is 31.5. The van der Waals surface area contributed by atoms with Crippen molar-refractivity contribution < 1.29 is 22.7 Å². The Hall–Kier alpha value is -3.90. The van der Waals surface area contributed by atoms with Gasteiger partial charge in [-0.3, -0.25) is 14.4 Å². The highest BCUT2D eigenvalue weighted by atomic mass is 35.5. The molecule has 9 nitrogen and oxygen atoms in total. The Kier molecular flexibility index (Phi) is 7.69. The van der Waals surface area contributed by atoms with Gasteiger partial charge in [-0.2, -0.15) is 15.1 Å². The fourth-order valence-electron chi connectivity index (χ4n) is 6.23. The summed E-state index contributed by atoms with van der Waals surface area (Å²) < 4.78 is 51.0. The Morgan fingerprint density at radius 3 is 2.64 bits per heavy atom. The van der Waals surface area contributed by atoms with Gasteiger partial charge in [0, 0.05) is 60.7 Å². The number of anilines is 1. The summed E-state index contributed by atoms with van der Waals surface area (Å²) in [6.45, 7) is 9.80. The van der Waals surface area contributed by atoms with Crippen LogP contribution in [-0.4, -0.2) is 92.8 Å². The standard InChI is InChI=1S/C31H33ClF3N7O2/c1-6-23(43)41-13-19(4)42(14-18(41)3)29-21-11-22(32)25(24-17(2)7-8-20-12-36-39(5)28(20)24)26(33)27(21)37-30(38-29)44-10-9-40-15-31(34,35)16-40/h6-8,11-12,18-19H,1,9-10,13-16H2,2-5H3/t18-,19+/m1/s1. The normalized spacial score (nSPS) is 20.3. The van der Waals surface area contributed by atoms with Gasteiger partial charge >= 0.3 is 6.01 Å². The lowest BCUT2D eigenvalue weighted by Crippen LogP contribution is -2.58. The highest BCUT2D eigenvalue weighted by molar-refractivity contribution is 6.35. The largest absolute Gasteiger partial charge is 0.462 e. The molecule has 4 aromatic rings. The fourth-order valence-corrected chi connectivity index (χ4v) is 6.52. The van der Waals surface area contributed by atoms with Crippen LogP contribution in [0.25, 0.3) is 32.9 Å². The molecule has 44 heavy (non-hydrogen) atoms. The number of carbonyl (C=O) groups is 1. The number of carbonyl (C=O) groups excluding carboxylic acids is 1. The first-order valence-corrected chi connectivity index (χ1v) is 14.8. The van der Waals surface area contributed by atoms with E-state index in [2.05, 4.69) is 21.6 Å². The Morgan fingerprint density at radius 2 is 1.93 bits per heavy atom. The first kappa shape index (κ1) is 30.1. The second-order valence-electron chi connectivity index (χ2n) is 11.7. The molecule has 2 atom stereocenters. The number of likely N-dealkylation sites (tertiary alicyclic amines) is 1. The highest BCUT2D eigenvalue weighted by Gasteiger charge is 2.43. The molecule has 0 saturated carbocycles. The molecule has 1 amide bonds. The van der Waals surface area contributed by atoms with E-state index in [1.807, 2.05) is 37.8 Å². The molecule has 2 aliphatic rings. The molecule has 2 fully saturated rings. The van der Waals surface area contributed by atoms with Gasteiger partial charge in [0.15, 0.2) is 5.82 Å². The highest BCUT2D eigenvalue weighted by Crippen LogP contribution is 2.43. The predicted molar refractivity (Wildman–Crippen MR) is 164 cm³/mol.